The first kappa shape index (κ1) is 22.1. The lowest BCUT2D eigenvalue weighted by molar-refractivity contribution is -0.113. The highest BCUT2D eigenvalue weighted by atomic mass is 32.2. The predicted molar refractivity (Wildman–Crippen MR) is 126 cm³/mol. The average molecular weight is 455 g/mol. The van der Waals surface area contributed by atoms with E-state index in [-0.39, 0.29) is 23.9 Å². The number of halogens is 1. The van der Waals surface area contributed by atoms with Crippen molar-refractivity contribution in [3.63, 3.8) is 0 Å². The molecule has 1 aliphatic rings. The molecule has 168 valence electrons. The molecule has 2 aromatic carbocycles. The Morgan fingerprint density at radius 2 is 1.88 bits per heavy atom. The second kappa shape index (κ2) is 10.0. The zero-order valence-corrected chi connectivity index (χ0v) is 18.8. The summed E-state index contributed by atoms with van der Waals surface area (Å²) in [5.74, 6) is 6.93. The fraction of sp³-hybridized carbons (Fsp3) is 0.348. The van der Waals surface area contributed by atoms with Gasteiger partial charge in [0.25, 0.3) is 0 Å². The summed E-state index contributed by atoms with van der Waals surface area (Å²) >= 11 is 1.19. The summed E-state index contributed by atoms with van der Waals surface area (Å²) in [7, 11) is 0. The van der Waals surface area contributed by atoms with Crippen LogP contribution in [0.5, 0.6) is 0 Å². The summed E-state index contributed by atoms with van der Waals surface area (Å²) in [6, 6.07) is 14.4. The number of nitrogens with one attached hydrogen (secondary N) is 1. The summed E-state index contributed by atoms with van der Waals surface area (Å²) in [5.41, 5.74) is 2.42. The number of nitrogens with zero attached hydrogens (tertiary/aromatic N) is 4. The van der Waals surface area contributed by atoms with Crippen molar-refractivity contribution in [2.75, 3.05) is 34.9 Å². The smallest absolute Gasteiger partial charge is 0.234 e. The summed E-state index contributed by atoms with van der Waals surface area (Å²) < 4.78 is 15.2. The number of hydrogen-bond donors (Lipinski definition) is 2. The Morgan fingerprint density at radius 3 is 2.59 bits per heavy atom. The van der Waals surface area contributed by atoms with Gasteiger partial charge in [0.2, 0.25) is 11.1 Å². The Kier molecular flexibility index (Phi) is 6.94. The summed E-state index contributed by atoms with van der Waals surface area (Å²) in [4.78, 5) is 14.8. The molecular weight excluding hydrogens is 427 g/mol. The normalized spacial score (nSPS) is 14.5. The van der Waals surface area contributed by atoms with Crippen molar-refractivity contribution in [2.45, 2.75) is 31.3 Å². The van der Waals surface area contributed by atoms with E-state index < -0.39 is 0 Å². The molecule has 0 saturated carbocycles. The number of carbonyl (C=O) groups excluding carboxylic acids is 1. The van der Waals surface area contributed by atoms with Crippen molar-refractivity contribution in [1.29, 1.82) is 0 Å². The fourth-order valence-electron chi connectivity index (χ4n) is 3.69. The molecule has 0 bridgehead atoms. The molecule has 0 aliphatic carbocycles. The van der Waals surface area contributed by atoms with Crippen LogP contribution in [0.2, 0.25) is 0 Å². The monoisotopic (exact) mass is 454 g/mol. The second-order valence-corrected chi connectivity index (χ2v) is 9.03. The first-order chi connectivity index (χ1) is 15.5. The number of benzene rings is 2. The first-order valence-electron chi connectivity index (χ1n) is 10.7. The van der Waals surface area contributed by atoms with E-state index >= 15 is 0 Å². The van der Waals surface area contributed by atoms with E-state index in [0.29, 0.717) is 16.5 Å². The highest BCUT2D eigenvalue weighted by molar-refractivity contribution is 7.99. The van der Waals surface area contributed by atoms with Gasteiger partial charge in [-0.1, -0.05) is 36.9 Å². The number of rotatable bonds is 7. The molecule has 0 spiro atoms. The SMILES string of the molecule is CC1CCN(c2ccc(NC(=O)CSc3nnc(Cc4ccccc4F)n3N)cc2)CC1. The van der Waals surface area contributed by atoms with Crippen LogP contribution in [0.25, 0.3) is 0 Å². The van der Waals surface area contributed by atoms with Crippen LogP contribution in [0.4, 0.5) is 15.8 Å². The maximum atomic E-state index is 13.9. The molecule has 7 nitrogen and oxygen atoms in total. The maximum Gasteiger partial charge on any atom is 0.234 e. The van der Waals surface area contributed by atoms with Gasteiger partial charge in [0.1, 0.15) is 5.82 Å². The van der Waals surface area contributed by atoms with E-state index in [1.54, 1.807) is 18.2 Å². The fourth-order valence-corrected chi connectivity index (χ4v) is 4.36. The van der Waals surface area contributed by atoms with E-state index in [1.807, 2.05) is 24.3 Å². The Labute approximate surface area is 191 Å². The third kappa shape index (κ3) is 5.40. The van der Waals surface area contributed by atoms with Crippen molar-refractivity contribution >= 4 is 29.0 Å². The molecule has 0 atom stereocenters. The van der Waals surface area contributed by atoms with Crippen molar-refractivity contribution < 1.29 is 9.18 Å². The molecule has 0 radical (unpaired) electrons. The molecule has 32 heavy (non-hydrogen) atoms. The van der Waals surface area contributed by atoms with Crippen LogP contribution in [-0.2, 0) is 11.2 Å². The highest BCUT2D eigenvalue weighted by Crippen LogP contribution is 2.24. The number of hydrogen-bond acceptors (Lipinski definition) is 6. The number of anilines is 2. The molecule has 3 aromatic rings. The van der Waals surface area contributed by atoms with Gasteiger partial charge in [0.15, 0.2) is 5.82 Å². The topological polar surface area (TPSA) is 89.1 Å². The van der Waals surface area contributed by atoms with Crippen LogP contribution in [0, 0.1) is 11.7 Å². The number of carbonyl (C=O) groups is 1. The summed E-state index contributed by atoms with van der Waals surface area (Å²) in [5, 5.41) is 11.4. The largest absolute Gasteiger partial charge is 0.372 e. The molecule has 4 rings (SSSR count). The highest BCUT2D eigenvalue weighted by Gasteiger charge is 2.17. The number of nitrogens with two attached hydrogens (primary N) is 1. The molecule has 3 N–H and O–H groups in total. The van der Waals surface area contributed by atoms with Crippen LogP contribution in [0.3, 0.4) is 0 Å². The number of thioether (sulfide) groups is 1. The van der Waals surface area contributed by atoms with Crippen LogP contribution in [0.1, 0.15) is 31.2 Å². The molecular formula is C23H27FN6OS. The Bertz CT molecular complexity index is 1060. The lowest BCUT2D eigenvalue weighted by Gasteiger charge is -2.32. The van der Waals surface area contributed by atoms with Gasteiger partial charge >= 0.3 is 0 Å². The van der Waals surface area contributed by atoms with Crippen LogP contribution >= 0.6 is 11.8 Å². The molecule has 2 heterocycles. The number of piperidine rings is 1. The van der Waals surface area contributed by atoms with Crippen LogP contribution < -0.4 is 16.1 Å². The number of nitrogen functional groups attached to an aromatic ring is 1. The van der Waals surface area contributed by atoms with Gasteiger partial charge in [-0.25, -0.2) is 9.07 Å². The van der Waals surface area contributed by atoms with Gasteiger partial charge in [-0.3, -0.25) is 4.79 Å². The molecule has 1 aromatic heterocycles. The van der Waals surface area contributed by atoms with Crippen molar-refractivity contribution in [3.05, 3.63) is 65.7 Å². The molecule has 1 saturated heterocycles. The third-order valence-electron chi connectivity index (χ3n) is 5.67. The summed E-state index contributed by atoms with van der Waals surface area (Å²) in [6.07, 6.45) is 2.65. The van der Waals surface area contributed by atoms with E-state index in [4.69, 9.17) is 5.84 Å². The van der Waals surface area contributed by atoms with Crippen molar-refractivity contribution in [2.24, 2.45) is 5.92 Å². The van der Waals surface area contributed by atoms with Crippen molar-refractivity contribution in [3.8, 4) is 0 Å². The Hall–Kier alpha value is -3.07. The minimum Gasteiger partial charge on any atom is -0.372 e. The van der Waals surface area contributed by atoms with E-state index in [2.05, 4.69) is 27.3 Å². The minimum absolute atomic E-state index is 0.140. The van der Waals surface area contributed by atoms with E-state index in [9.17, 15) is 9.18 Å². The predicted octanol–water partition coefficient (Wildman–Crippen LogP) is 3.69. The van der Waals surface area contributed by atoms with Gasteiger partial charge in [-0.05, 0) is 54.7 Å². The molecule has 9 heteroatoms. The zero-order chi connectivity index (χ0) is 22.5. The van der Waals surface area contributed by atoms with Gasteiger partial charge in [-0.2, -0.15) is 0 Å². The van der Waals surface area contributed by atoms with Gasteiger partial charge in [0, 0.05) is 30.9 Å². The maximum absolute atomic E-state index is 13.9. The van der Waals surface area contributed by atoms with Crippen molar-refractivity contribution in [1.82, 2.24) is 14.9 Å². The molecule has 0 unspecified atom stereocenters. The lowest BCUT2D eigenvalue weighted by Crippen LogP contribution is -2.32. The van der Waals surface area contributed by atoms with Crippen LogP contribution in [-0.4, -0.2) is 39.6 Å². The molecule has 1 amide bonds. The Balaban J connectivity index is 1.29. The van der Waals surface area contributed by atoms with E-state index in [0.717, 1.165) is 24.7 Å². The standard InChI is InChI=1S/C23H27FN6OS/c1-16-10-12-29(13-11-16)19-8-6-18(7-9-19)26-22(31)15-32-23-28-27-21(30(23)25)14-17-4-2-3-5-20(17)24/h2-9,16H,10-15,25H2,1H3,(H,26,31). The van der Waals surface area contributed by atoms with E-state index in [1.165, 1.54) is 41.0 Å². The first-order valence-corrected chi connectivity index (χ1v) is 11.7. The zero-order valence-electron chi connectivity index (χ0n) is 18.0. The quantitative estimate of drug-likeness (QED) is 0.418. The summed E-state index contributed by atoms with van der Waals surface area (Å²) in [6.45, 7) is 4.44. The lowest BCUT2D eigenvalue weighted by atomic mass is 9.99. The average Bonchev–Trinajstić information content (AvgIpc) is 3.14. The molecule has 1 aliphatic heterocycles. The van der Waals surface area contributed by atoms with Crippen LogP contribution in [0.15, 0.2) is 53.7 Å². The molecule has 1 fully saturated rings. The second-order valence-electron chi connectivity index (χ2n) is 8.09. The Morgan fingerprint density at radius 1 is 1.16 bits per heavy atom. The van der Waals surface area contributed by atoms with Gasteiger partial charge in [-0.15, -0.1) is 10.2 Å². The third-order valence-corrected chi connectivity index (χ3v) is 6.62. The number of aromatic nitrogens is 3. The van der Waals surface area contributed by atoms with Gasteiger partial charge < -0.3 is 16.1 Å². The minimum atomic E-state index is -0.315. The number of amides is 1. The van der Waals surface area contributed by atoms with Gasteiger partial charge in [0.05, 0.1) is 5.75 Å².